The van der Waals surface area contributed by atoms with Crippen LogP contribution in [0.1, 0.15) is 28.7 Å². The topological polar surface area (TPSA) is 131 Å². The van der Waals surface area contributed by atoms with Crippen molar-refractivity contribution in [3.8, 4) is 0 Å². The monoisotopic (exact) mass is 543 g/mol. The second-order valence-corrected chi connectivity index (χ2v) is 9.90. The number of ether oxygens (including phenoxy) is 1. The fourth-order valence-corrected chi connectivity index (χ4v) is 4.65. The van der Waals surface area contributed by atoms with Crippen LogP contribution in [-0.2, 0) is 40.4 Å². The van der Waals surface area contributed by atoms with Crippen LogP contribution in [0, 0.1) is 0 Å². The van der Waals surface area contributed by atoms with Gasteiger partial charge in [-0.25, -0.2) is 4.79 Å². The molecule has 9 heteroatoms. The zero-order chi connectivity index (χ0) is 28.3. The number of nitrogens with one attached hydrogen (secondary N) is 1. The molecule has 3 aromatic rings. The number of piperazine rings is 1. The van der Waals surface area contributed by atoms with Gasteiger partial charge in [0, 0.05) is 26.2 Å². The van der Waals surface area contributed by atoms with Crippen molar-refractivity contribution in [3.05, 3.63) is 107 Å². The minimum Gasteiger partial charge on any atom is -0.445 e. The van der Waals surface area contributed by atoms with Gasteiger partial charge < -0.3 is 31.3 Å². The molecule has 1 saturated heterocycles. The molecule has 1 aliphatic heterocycles. The summed E-state index contributed by atoms with van der Waals surface area (Å²) in [5.74, 6) is -0.659. The molecule has 0 saturated carbocycles. The van der Waals surface area contributed by atoms with E-state index in [0.717, 1.165) is 22.3 Å². The SMILES string of the molecule is NCc1ccc(CNC(=O)C2CN(C(=O)OCc3ccccc3)CCN2C(=O)C(N)CCc2ccccc2)cc1. The van der Waals surface area contributed by atoms with Gasteiger partial charge in [-0.1, -0.05) is 84.9 Å². The molecule has 1 fully saturated rings. The van der Waals surface area contributed by atoms with E-state index in [1.165, 1.54) is 9.80 Å². The largest absolute Gasteiger partial charge is 0.445 e. The van der Waals surface area contributed by atoms with E-state index in [1.807, 2.05) is 84.9 Å². The number of nitrogens with two attached hydrogens (primary N) is 2. The highest BCUT2D eigenvalue weighted by molar-refractivity contribution is 5.90. The summed E-state index contributed by atoms with van der Waals surface area (Å²) in [6.45, 7) is 1.28. The molecule has 2 unspecified atom stereocenters. The minimum absolute atomic E-state index is 0.0166. The molecular formula is C31H37N5O4. The number of aryl methyl sites for hydroxylation is 1. The molecule has 3 amide bonds. The van der Waals surface area contributed by atoms with Gasteiger partial charge in [-0.15, -0.1) is 0 Å². The molecule has 0 radical (unpaired) electrons. The van der Waals surface area contributed by atoms with E-state index in [-0.39, 0.29) is 44.6 Å². The quantitative estimate of drug-likeness (QED) is 0.360. The molecule has 0 aromatic heterocycles. The Bertz CT molecular complexity index is 1250. The van der Waals surface area contributed by atoms with E-state index in [0.29, 0.717) is 19.4 Å². The molecule has 5 N–H and O–H groups in total. The summed E-state index contributed by atoms with van der Waals surface area (Å²) in [6.07, 6.45) is 0.568. The van der Waals surface area contributed by atoms with Gasteiger partial charge in [-0.3, -0.25) is 9.59 Å². The molecule has 2 atom stereocenters. The van der Waals surface area contributed by atoms with Gasteiger partial charge in [0.15, 0.2) is 0 Å². The van der Waals surface area contributed by atoms with Gasteiger partial charge in [-0.05, 0) is 35.1 Å². The standard InChI is InChI=1S/C31H37N5O4/c32-19-24-11-13-25(14-12-24)20-34-29(37)28-21-35(31(39)40-22-26-9-5-2-6-10-26)17-18-36(28)30(38)27(33)16-15-23-7-3-1-4-8-23/h1-14,27-28H,15-22,32-33H2,(H,34,37). The Kier molecular flexibility index (Phi) is 10.3. The summed E-state index contributed by atoms with van der Waals surface area (Å²) >= 11 is 0. The molecule has 210 valence electrons. The van der Waals surface area contributed by atoms with E-state index in [4.69, 9.17) is 16.2 Å². The lowest BCUT2D eigenvalue weighted by molar-refractivity contribution is -0.144. The van der Waals surface area contributed by atoms with Gasteiger partial charge in [-0.2, -0.15) is 0 Å². The zero-order valence-electron chi connectivity index (χ0n) is 22.6. The summed E-state index contributed by atoms with van der Waals surface area (Å²) in [7, 11) is 0. The Labute approximate surface area is 235 Å². The lowest BCUT2D eigenvalue weighted by Gasteiger charge is -2.41. The predicted octanol–water partition coefficient (Wildman–Crippen LogP) is 2.57. The highest BCUT2D eigenvalue weighted by Gasteiger charge is 2.38. The second-order valence-electron chi connectivity index (χ2n) is 9.90. The van der Waals surface area contributed by atoms with Crippen LogP contribution >= 0.6 is 0 Å². The van der Waals surface area contributed by atoms with E-state index in [9.17, 15) is 14.4 Å². The van der Waals surface area contributed by atoms with Gasteiger partial charge in [0.25, 0.3) is 0 Å². The van der Waals surface area contributed by atoms with Crippen LogP contribution in [0.5, 0.6) is 0 Å². The van der Waals surface area contributed by atoms with Crippen molar-refractivity contribution in [1.29, 1.82) is 0 Å². The Balaban J connectivity index is 1.42. The van der Waals surface area contributed by atoms with Gasteiger partial charge >= 0.3 is 6.09 Å². The second kappa shape index (κ2) is 14.3. The molecule has 3 aromatic carbocycles. The predicted molar refractivity (Wildman–Crippen MR) is 153 cm³/mol. The maximum Gasteiger partial charge on any atom is 0.410 e. The highest BCUT2D eigenvalue weighted by atomic mass is 16.6. The van der Waals surface area contributed by atoms with E-state index in [1.54, 1.807) is 0 Å². The number of nitrogens with zero attached hydrogens (tertiary/aromatic N) is 2. The average Bonchev–Trinajstić information content (AvgIpc) is 3.01. The highest BCUT2D eigenvalue weighted by Crippen LogP contribution is 2.16. The number of benzene rings is 3. The van der Waals surface area contributed by atoms with Crippen LogP contribution in [0.4, 0.5) is 4.79 Å². The fourth-order valence-electron chi connectivity index (χ4n) is 4.65. The van der Waals surface area contributed by atoms with E-state index in [2.05, 4.69) is 5.32 Å². The molecule has 0 bridgehead atoms. The van der Waals surface area contributed by atoms with Crippen molar-refractivity contribution in [2.24, 2.45) is 11.5 Å². The van der Waals surface area contributed by atoms with Gasteiger partial charge in [0.1, 0.15) is 12.6 Å². The smallest absolute Gasteiger partial charge is 0.410 e. The van der Waals surface area contributed by atoms with Crippen LogP contribution in [-0.4, -0.2) is 59.4 Å². The van der Waals surface area contributed by atoms with E-state index >= 15 is 0 Å². The normalized spacial score (nSPS) is 15.8. The Morgan fingerprint density at radius 2 is 1.48 bits per heavy atom. The van der Waals surface area contributed by atoms with Crippen LogP contribution in [0.3, 0.4) is 0 Å². The van der Waals surface area contributed by atoms with Gasteiger partial charge in [0.05, 0.1) is 12.6 Å². The lowest BCUT2D eigenvalue weighted by atomic mass is 10.0. The Morgan fingerprint density at radius 3 is 2.12 bits per heavy atom. The summed E-state index contributed by atoms with van der Waals surface area (Å²) in [5.41, 5.74) is 15.8. The summed E-state index contributed by atoms with van der Waals surface area (Å²) in [5, 5.41) is 2.92. The molecule has 0 aliphatic carbocycles. The summed E-state index contributed by atoms with van der Waals surface area (Å²) < 4.78 is 5.49. The first-order valence-corrected chi connectivity index (χ1v) is 13.6. The lowest BCUT2D eigenvalue weighted by Crippen LogP contribution is -2.63. The van der Waals surface area contributed by atoms with Crippen molar-refractivity contribution < 1.29 is 19.1 Å². The van der Waals surface area contributed by atoms with Crippen LogP contribution in [0.25, 0.3) is 0 Å². The molecule has 1 heterocycles. The number of hydrogen-bond donors (Lipinski definition) is 3. The van der Waals surface area contributed by atoms with Crippen molar-refractivity contribution in [1.82, 2.24) is 15.1 Å². The minimum atomic E-state index is -0.892. The summed E-state index contributed by atoms with van der Waals surface area (Å²) in [4.78, 5) is 42.7. The third kappa shape index (κ3) is 7.91. The molecule has 4 rings (SSSR count). The Hall–Kier alpha value is -4.21. The van der Waals surface area contributed by atoms with Crippen molar-refractivity contribution >= 4 is 17.9 Å². The van der Waals surface area contributed by atoms with Crippen LogP contribution < -0.4 is 16.8 Å². The number of amides is 3. The molecule has 0 spiro atoms. The first-order chi connectivity index (χ1) is 19.4. The van der Waals surface area contributed by atoms with Crippen molar-refractivity contribution in [3.63, 3.8) is 0 Å². The fraction of sp³-hybridized carbons (Fsp3) is 0.323. The van der Waals surface area contributed by atoms with Crippen molar-refractivity contribution in [2.45, 2.75) is 44.6 Å². The number of hydrogen-bond acceptors (Lipinski definition) is 6. The molecule has 1 aliphatic rings. The van der Waals surface area contributed by atoms with E-state index < -0.39 is 18.2 Å². The molecular weight excluding hydrogens is 506 g/mol. The first-order valence-electron chi connectivity index (χ1n) is 13.6. The maximum atomic E-state index is 13.4. The third-order valence-corrected chi connectivity index (χ3v) is 7.06. The van der Waals surface area contributed by atoms with Crippen molar-refractivity contribution in [2.75, 3.05) is 19.6 Å². The molecule has 40 heavy (non-hydrogen) atoms. The maximum absolute atomic E-state index is 13.4. The third-order valence-electron chi connectivity index (χ3n) is 7.06. The zero-order valence-corrected chi connectivity index (χ0v) is 22.6. The number of rotatable bonds is 10. The van der Waals surface area contributed by atoms with Gasteiger partial charge in [0.2, 0.25) is 11.8 Å². The first kappa shape index (κ1) is 28.8. The van der Waals surface area contributed by atoms with Crippen LogP contribution in [0.2, 0.25) is 0 Å². The average molecular weight is 544 g/mol. The Morgan fingerprint density at radius 1 is 0.850 bits per heavy atom. The van der Waals surface area contributed by atoms with Crippen LogP contribution in [0.15, 0.2) is 84.9 Å². The molecule has 9 nitrogen and oxygen atoms in total. The number of carbonyl (C=O) groups is 3. The summed E-state index contributed by atoms with van der Waals surface area (Å²) in [6, 6.07) is 25.2. The number of carbonyl (C=O) groups excluding carboxylic acids is 3.